The molecule has 2 amide bonds. The van der Waals surface area contributed by atoms with Crippen LogP contribution in [-0.2, 0) is 16.1 Å². The van der Waals surface area contributed by atoms with Gasteiger partial charge in [-0.05, 0) is 31.5 Å². The molecule has 1 heterocycles. The van der Waals surface area contributed by atoms with E-state index in [2.05, 4.69) is 15.3 Å². The van der Waals surface area contributed by atoms with E-state index in [1.807, 2.05) is 0 Å². The van der Waals surface area contributed by atoms with Crippen molar-refractivity contribution >= 4 is 23.4 Å². The number of nitrogens with one attached hydrogen (secondary N) is 1. The van der Waals surface area contributed by atoms with Crippen LogP contribution >= 0.6 is 0 Å². The number of amidine groups is 1. The number of rotatable bonds is 4. The molecule has 2 rings (SSSR count). The second-order valence-corrected chi connectivity index (χ2v) is 4.91. The van der Waals surface area contributed by atoms with Crippen LogP contribution in [0.2, 0.25) is 0 Å². The highest BCUT2D eigenvalue weighted by molar-refractivity contribution is 6.16. The number of carbonyl (C=O) groups is 2. The lowest BCUT2D eigenvalue weighted by Crippen LogP contribution is -2.33. The zero-order valence-corrected chi connectivity index (χ0v) is 11.9. The average molecular weight is 289 g/mol. The minimum Gasteiger partial charge on any atom is -0.352 e. The lowest BCUT2D eigenvalue weighted by molar-refractivity contribution is -0.126. The first-order valence-corrected chi connectivity index (χ1v) is 6.61. The highest BCUT2D eigenvalue weighted by atomic mass is 19.1. The van der Waals surface area contributed by atoms with Crippen LogP contribution in [0.1, 0.15) is 25.8 Å². The zero-order chi connectivity index (χ0) is 15.4. The second kappa shape index (κ2) is 6.39. The summed E-state index contributed by atoms with van der Waals surface area (Å²) in [5.74, 6) is -1.10. The highest BCUT2D eigenvalue weighted by Crippen LogP contribution is 2.14. The molecule has 1 aliphatic heterocycles. The van der Waals surface area contributed by atoms with E-state index in [4.69, 9.17) is 0 Å². The summed E-state index contributed by atoms with van der Waals surface area (Å²) < 4.78 is 12.8. The fraction of sp³-hybridized carbons (Fsp3) is 0.333. The molecule has 1 aliphatic rings. The summed E-state index contributed by atoms with van der Waals surface area (Å²) in [5.41, 5.74) is 1.39. The predicted molar refractivity (Wildman–Crippen MR) is 77.6 cm³/mol. The summed E-state index contributed by atoms with van der Waals surface area (Å²) >= 11 is 0. The third-order valence-corrected chi connectivity index (χ3v) is 3.21. The molecular formula is C15H16FN3O2. The first kappa shape index (κ1) is 15.0. The van der Waals surface area contributed by atoms with Crippen LogP contribution in [0, 0.1) is 11.7 Å². The van der Waals surface area contributed by atoms with Gasteiger partial charge in [0.1, 0.15) is 11.7 Å². The third-order valence-electron chi connectivity index (χ3n) is 3.21. The van der Waals surface area contributed by atoms with Crippen LogP contribution in [0.3, 0.4) is 0 Å². The molecular weight excluding hydrogens is 273 g/mol. The topological polar surface area (TPSA) is 70.9 Å². The molecule has 1 atom stereocenters. The average Bonchev–Trinajstić information content (AvgIpc) is 2.42. The van der Waals surface area contributed by atoms with Crippen molar-refractivity contribution in [3.63, 3.8) is 0 Å². The Hall–Kier alpha value is -2.37. The van der Waals surface area contributed by atoms with E-state index in [1.165, 1.54) is 12.1 Å². The summed E-state index contributed by atoms with van der Waals surface area (Å²) in [4.78, 5) is 31.5. The molecule has 1 aromatic carbocycles. The number of amides is 2. The van der Waals surface area contributed by atoms with E-state index in [1.54, 1.807) is 26.0 Å². The van der Waals surface area contributed by atoms with Crippen LogP contribution in [-0.4, -0.2) is 23.4 Å². The summed E-state index contributed by atoms with van der Waals surface area (Å²) in [5, 5.41) is 2.70. The van der Waals surface area contributed by atoms with Gasteiger partial charge in [0.2, 0.25) is 5.91 Å². The zero-order valence-electron chi connectivity index (χ0n) is 11.9. The van der Waals surface area contributed by atoms with E-state index in [9.17, 15) is 14.0 Å². The van der Waals surface area contributed by atoms with Gasteiger partial charge >= 0.3 is 0 Å². The number of benzene rings is 1. The first-order valence-electron chi connectivity index (χ1n) is 6.61. The largest absolute Gasteiger partial charge is 0.352 e. The summed E-state index contributed by atoms with van der Waals surface area (Å²) in [6.07, 6.45) is 0.0200. The Kier molecular flexibility index (Phi) is 4.57. The van der Waals surface area contributed by atoms with Crippen LogP contribution in [0.15, 0.2) is 34.3 Å². The molecule has 1 N–H and O–H groups in total. The van der Waals surface area contributed by atoms with Gasteiger partial charge in [0.05, 0.1) is 5.92 Å². The van der Waals surface area contributed by atoms with Gasteiger partial charge in [-0.1, -0.05) is 12.1 Å². The lowest BCUT2D eigenvalue weighted by atomic mass is 9.98. The number of hydrogen-bond acceptors (Lipinski definition) is 3. The monoisotopic (exact) mass is 289 g/mol. The van der Waals surface area contributed by atoms with E-state index >= 15 is 0 Å². The minimum absolute atomic E-state index is 0.0200. The Labute approximate surface area is 122 Å². The quantitative estimate of drug-likeness (QED) is 0.919. The van der Waals surface area contributed by atoms with Gasteiger partial charge in [-0.15, -0.1) is 0 Å². The molecule has 21 heavy (non-hydrogen) atoms. The Morgan fingerprint density at radius 1 is 1.24 bits per heavy atom. The summed E-state index contributed by atoms with van der Waals surface area (Å²) in [7, 11) is 0. The Bertz CT molecular complexity index is 620. The van der Waals surface area contributed by atoms with Gasteiger partial charge in [0, 0.05) is 18.7 Å². The maximum absolute atomic E-state index is 12.8. The maximum atomic E-state index is 12.8. The molecule has 1 aromatic rings. The Balaban J connectivity index is 1.89. The maximum Gasteiger partial charge on any atom is 0.256 e. The minimum atomic E-state index is -0.595. The van der Waals surface area contributed by atoms with Crippen LogP contribution in [0.25, 0.3) is 0 Å². The molecule has 0 aliphatic carbocycles. The summed E-state index contributed by atoms with van der Waals surface area (Å²) in [6.45, 7) is 3.65. The molecule has 0 fully saturated rings. The molecule has 1 unspecified atom stereocenters. The standard InChI is InChI=1S/C15H16FN3O2/c1-9-13(15(21)19-10(2)18-9)7-14(20)17-8-11-3-5-12(16)6-4-11/h3-6,13H,7-8H2,1-2H3,(H,17,20). The van der Waals surface area contributed by atoms with Crippen molar-refractivity contribution in [3.8, 4) is 0 Å². The fourth-order valence-corrected chi connectivity index (χ4v) is 2.07. The van der Waals surface area contributed by atoms with Crippen molar-refractivity contribution in [2.75, 3.05) is 0 Å². The molecule has 110 valence electrons. The van der Waals surface area contributed by atoms with Gasteiger partial charge in [0.15, 0.2) is 0 Å². The van der Waals surface area contributed by atoms with Crippen LogP contribution in [0.4, 0.5) is 4.39 Å². The number of nitrogens with zero attached hydrogens (tertiary/aromatic N) is 2. The number of aliphatic imine (C=N–C) groups is 2. The van der Waals surface area contributed by atoms with Gasteiger partial charge < -0.3 is 5.32 Å². The first-order chi connectivity index (χ1) is 9.95. The fourth-order valence-electron chi connectivity index (χ4n) is 2.07. The normalized spacial score (nSPS) is 18.0. The smallest absolute Gasteiger partial charge is 0.256 e. The molecule has 0 spiro atoms. The summed E-state index contributed by atoms with van der Waals surface area (Å²) in [6, 6.07) is 5.87. The Morgan fingerprint density at radius 2 is 1.90 bits per heavy atom. The third kappa shape index (κ3) is 4.05. The van der Waals surface area contributed by atoms with Gasteiger partial charge in [-0.2, -0.15) is 4.99 Å². The number of carbonyl (C=O) groups excluding carboxylic acids is 2. The molecule has 5 nitrogen and oxygen atoms in total. The van der Waals surface area contributed by atoms with Crippen molar-refractivity contribution in [1.82, 2.24) is 5.32 Å². The molecule has 0 aromatic heterocycles. The number of hydrogen-bond donors (Lipinski definition) is 1. The van der Waals surface area contributed by atoms with E-state index in [-0.39, 0.29) is 24.1 Å². The SMILES string of the molecule is CC1=NC(=O)C(CC(=O)NCc2ccc(F)cc2)C(C)=N1. The van der Waals surface area contributed by atoms with Crippen molar-refractivity contribution in [2.24, 2.45) is 15.9 Å². The van der Waals surface area contributed by atoms with Crippen molar-refractivity contribution in [1.29, 1.82) is 0 Å². The van der Waals surface area contributed by atoms with Crippen molar-refractivity contribution in [2.45, 2.75) is 26.8 Å². The van der Waals surface area contributed by atoms with E-state index < -0.39 is 5.92 Å². The van der Waals surface area contributed by atoms with Crippen molar-refractivity contribution in [3.05, 3.63) is 35.6 Å². The van der Waals surface area contributed by atoms with Crippen molar-refractivity contribution < 1.29 is 14.0 Å². The molecule has 0 saturated carbocycles. The lowest BCUT2D eigenvalue weighted by Gasteiger charge is -2.16. The molecule has 0 radical (unpaired) electrons. The molecule has 0 bridgehead atoms. The second-order valence-electron chi connectivity index (χ2n) is 4.91. The number of halogens is 1. The van der Waals surface area contributed by atoms with Gasteiger partial charge in [0.25, 0.3) is 5.91 Å². The highest BCUT2D eigenvalue weighted by Gasteiger charge is 2.27. The predicted octanol–water partition coefficient (Wildman–Crippen LogP) is 1.87. The molecule has 0 saturated heterocycles. The van der Waals surface area contributed by atoms with Gasteiger partial charge in [-0.3, -0.25) is 9.59 Å². The van der Waals surface area contributed by atoms with E-state index in [0.29, 0.717) is 18.1 Å². The van der Waals surface area contributed by atoms with Crippen LogP contribution in [0.5, 0.6) is 0 Å². The molecule has 6 heteroatoms. The van der Waals surface area contributed by atoms with E-state index in [0.717, 1.165) is 5.56 Å². The van der Waals surface area contributed by atoms with Gasteiger partial charge in [-0.25, -0.2) is 9.38 Å². The van der Waals surface area contributed by atoms with Crippen LogP contribution < -0.4 is 5.32 Å². The Morgan fingerprint density at radius 3 is 2.52 bits per heavy atom.